The summed E-state index contributed by atoms with van der Waals surface area (Å²) < 4.78 is 0. The van der Waals surface area contributed by atoms with Crippen LogP contribution in [0.1, 0.15) is 70.2 Å². The zero-order valence-corrected chi connectivity index (χ0v) is 15.9. The molecule has 24 heavy (non-hydrogen) atoms. The van der Waals surface area contributed by atoms with Gasteiger partial charge in [-0.05, 0) is 69.1 Å². The molecule has 4 saturated carbocycles. The Bertz CT molecular complexity index is 587. The number of nitrogens with zero attached hydrogens (tertiary/aromatic N) is 3. The van der Waals surface area contributed by atoms with Crippen molar-refractivity contribution in [2.45, 2.75) is 70.6 Å². The number of carbonyl (C=O) groups is 1. The molecule has 0 atom stereocenters. The van der Waals surface area contributed by atoms with Crippen LogP contribution in [0.5, 0.6) is 0 Å². The first-order valence-corrected chi connectivity index (χ1v) is 10.5. The molecule has 1 aromatic rings. The Morgan fingerprint density at radius 1 is 1.12 bits per heavy atom. The minimum absolute atomic E-state index is 0.0990. The first-order valence-electron chi connectivity index (χ1n) is 9.66. The van der Waals surface area contributed by atoms with E-state index in [1.165, 1.54) is 43.5 Å². The number of rotatable bonds is 5. The molecule has 0 saturated heterocycles. The third-order valence-electron chi connectivity index (χ3n) is 6.86. The summed E-state index contributed by atoms with van der Waals surface area (Å²) >= 11 is 1.68. The molecule has 4 aliphatic carbocycles. The molecular weight excluding hydrogens is 318 g/mol. The lowest BCUT2D eigenvalue weighted by Crippen LogP contribution is -2.48. The Morgan fingerprint density at radius 2 is 1.67 bits per heavy atom. The lowest BCUT2D eigenvalue weighted by Gasteiger charge is -2.55. The fourth-order valence-corrected chi connectivity index (χ4v) is 6.97. The first kappa shape index (κ1) is 16.5. The fraction of sp³-hybridized carbons (Fsp3) is 0.842. The average molecular weight is 348 g/mol. The molecule has 4 fully saturated rings. The summed E-state index contributed by atoms with van der Waals surface area (Å²) in [5, 5.41) is 11.0. The Morgan fingerprint density at radius 3 is 2.17 bits per heavy atom. The Hall–Kier alpha value is -0.970. The van der Waals surface area contributed by atoms with Crippen LogP contribution in [0.25, 0.3) is 0 Å². The van der Waals surface area contributed by atoms with Gasteiger partial charge in [-0.15, -0.1) is 10.2 Å². The monoisotopic (exact) mass is 347 g/mol. The van der Waals surface area contributed by atoms with E-state index in [9.17, 15) is 4.79 Å². The molecule has 0 aliphatic heterocycles. The van der Waals surface area contributed by atoms with E-state index < -0.39 is 0 Å². The number of hydrogen-bond donors (Lipinski definition) is 0. The lowest BCUT2D eigenvalue weighted by molar-refractivity contribution is -0.122. The predicted octanol–water partition coefficient (Wildman–Crippen LogP) is 4.40. The Labute approximate surface area is 149 Å². The molecule has 0 N–H and O–H groups in total. The largest absolute Gasteiger partial charge is 0.290 e. The highest BCUT2D eigenvalue weighted by Gasteiger charge is 2.53. The van der Waals surface area contributed by atoms with Gasteiger partial charge in [0.25, 0.3) is 0 Å². The Balaban J connectivity index is 1.56. The van der Waals surface area contributed by atoms with Crippen LogP contribution in [-0.4, -0.2) is 23.2 Å². The van der Waals surface area contributed by atoms with Gasteiger partial charge in [-0.25, -0.2) is 0 Å². The van der Waals surface area contributed by atoms with E-state index in [1.54, 1.807) is 16.2 Å². The van der Waals surface area contributed by atoms with Gasteiger partial charge in [0.2, 0.25) is 11.0 Å². The van der Waals surface area contributed by atoms with Gasteiger partial charge in [0.05, 0.1) is 0 Å². The normalized spacial score (nSPS) is 34.1. The molecule has 1 heterocycles. The lowest BCUT2D eigenvalue weighted by atomic mass is 9.50. The van der Waals surface area contributed by atoms with E-state index in [2.05, 4.69) is 24.0 Å². The standard InChI is InChI=1S/C19H29N3OS/c1-4-15(5-2)16(23)22(3)18-21-20-17(24-18)19-9-12-6-13(10-19)8-14(7-12)11-19/h12-15H,4-11H2,1-3H3. The second-order valence-electron chi connectivity index (χ2n) is 8.50. The Kier molecular flexibility index (Phi) is 4.18. The smallest absolute Gasteiger partial charge is 0.231 e. The van der Waals surface area contributed by atoms with Crippen molar-refractivity contribution in [2.75, 3.05) is 11.9 Å². The second kappa shape index (κ2) is 6.08. The van der Waals surface area contributed by atoms with Crippen molar-refractivity contribution in [3.8, 4) is 0 Å². The summed E-state index contributed by atoms with van der Waals surface area (Å²) in [6.07, 6.45) is 10.0. The van der Waals surface area contributed by atoms with Gasteiger partial charge in [0.1, 0.15) is 5.01 Å². The molecule has 0 radical (unpaired) electrons. The summed E-state index contributed by atoms with van der Waals surface area (Å²) in [4.78, 5) is 14.4. The zero-order chi connectivity index (χ0) is 16.9. The third kappa shape index (κ3) is 2.59. The molecule has 0 aromatic carbocycles. The summed E-state index contributed by atoms with van der Waals surface area (Å²) in [6, 6.07) is 0. The maximum Gasteiger partial charge on any atom is 0.231 e. The van der Waals surface area contributed by atoms with Crippen LogP contribution in [0, 0.1) is 23.7 Å². The van der Waals surface area contributed by atoms with Crippen LogP contribution in [0.15, 0.2) is 0 Å². The predicted molar refractivity (Wildman–Crippen MR) is 97.2 cm³/mol. The van der Waals surface area contributed by atoms with Crippen molar-refractivity contribution < 1.29 is 4.79 Å². The first-order chi connectivity index (χ1) is 11.5. The van der Waals surface area contributed by atoms with Crippen LogP contribution < -0.4 is 4.90 Å². The molecule has 132 valence electrons. The van der Waals surface area contributed by atoms with Crippen LogP contribution in [0.4, 0.5) is 5.13 Å². The van der Waals surface area contributed by atoms with Gasteiger partial charge in [-0.1, -0.05) is 25.2 Å². The van der Waals surface area contributed by atoms with Gasteiger partial charge in [-0.3, -0.25) is 9.69 Å². The molecule has 5 rings (SSSR count). The maximum absolute atomic E-state index is 12.6. The maximum atomic E-state index is 12.6. The van der Waals surface area contributed by atoms with Crippen LogP contribution in [0.3, 0.4) is 0 Å². The van der Waals surface area contributed by atoms with E-state index in [0.29, 0.717) is 0 Å². The molecule has 0 unspecified atom stereocenters. The van der Waals surface area contributed by atoms with Gasteiger partial charge in [-0.2, -0.15) is 0 Å². The van der Waals surface area contributed by atoms with Gasteiger partial charge in [0.15, 0.2) is 0 Å². The van der Waals surface area contributed by atoms with E-state index in [4.69, 9.17) is 0 Å². The second-order valence-corrected chi connectivity index (χ2v) is 9.45. The number of carbonyl (C=O) groups excluding carboxylic acids is 1. The minimum atomic E-state index is 0.0990. The quantitative estimate of drug-likeness (QED) is 0.793. The van der Waals surface area contributed by atoms with Gasteiger partial charge >= 0.3 is 0 Å². The SMILES string of the molecule is CCC(CC)C(=O)N(C)c1nnc(C23CC4CC(CC(C4)C2)C3)s1. The molecule has 4 aliphatic rings. The van der Waals surface area contributed by atoms with Crippen LogP contribution >= 0.6 is 11.3 Å². The molecule has 4 bridgehead atoms. The van der Waals surface area contributed by atoms with Crippen molar-refractivity contribution in [1.29, 1.82) is 0 Å². The number of amides is 1. The van der Waals surface area contributed by atoms with E-state index in [1.807, 2.05) is 7.05 Å². The third-order valence-corrected chi connectivity index (χ3v) is 8.10. The summed E-state index contributed by atoms with van der Waals surface area (Å²) in [6.45, 7) is 4.17. The topological polar surface area (TPSA) is 46.1 Å². The molecule has 4 nitrogen and oxygen atoms in total. The highest BCUT2D eigenvalue weighted by atomic mass is 32.1. The van der Waals surface area contributed by atoms with Gasteiger partial charge < -0.3 is 0 Å². The van der Waals surface area contributed by atoms with Crippen LogP contribution in [-0.2, 0) is 10.2 Å². The number of aromatic nitrogens is 2. The molecular formula is C19H29N3OS. The highest BCUT2D eigenvalue weighted by Crippen LogP contribution is 2.61. The number of hydrogen-bond acceptors (Lipinski definition) is 4. The highest BCUT2D eigenvalue weighted by molar-refractivity contribution is 7.15. The van der Waals surface area contributed by atoms with Crippen LogP contribution in [0.2, 0.25) is 0 Å². The van der Waals surface area contributed by atoms with Crippen molar-refractivity contribution in [3.63, 3.8) is 0 Å². The summed E-state index contributed by atoms with van der Waals surface area (Å²) in [7, 11) is 1.87. The van der Waals surface area contributed by atoms with Crippen molar-refractivity contribution in [3.05, 3.63) is 5.01 Å². The molecule has 0 spiro atoms. The van der Waals surface area contributed by atoms with Crippen molar-refractivity contribution in [1.82, 2.24) is 10.2 Å². The van der Waals surface area contributed by atoms with E-state index in [-0.39, 0.29) is 17.2 Å². The number of anilines is 1. The zero-order valence-electron chi connectivity index (χ0n) is 15.1. The molecule has 5 heteroatoms. The van der Waals surface area contributed by atoms with E-state index >= 15 is 0 Å². The summed E-state index contributed by atoms with van der Waals surface area (Å²) in [5.74, 6) is 3.02. The van der Waals surface area contributed by atoms with E-state index in [0.717, 1.165) is 35.7 Å². The van der Waals surface area contributed by atoms with Crippen molar-refractivity contribution >= 4 is 22.4 Å². The summed E-state index contributed by atoms with van der Waals surface area (Å²) in [5.41, 5.74) is 0.281. The van der Waals surface area contributed by atoms with Crippen molar-refractivity contribution in [2.24, 2.45) is 23.7 Å². The van der Waals surface area contributed by atoms with Gasteiger partial charge in [0, 0.05) is 18.4 Å². The fourth-order valence-electron chi connectivity index (χ4n) is 5.94. The minimum Gasteiger partial charge on any atom is -0.290 e. The molecule has 1 amide bonds. The average Bonchev–Trinajstić information content (AvgIpc) is 3.04. The molecule has 1 aromatic heterocycles.